The molecule has 2 nitrogen and oxygen atoms in total. The van der Waals surface area contributed by atoms with Crippen molar-refractivity contribution in [1.82, 2.24) is 0 Å². The molecule has 13 heavy (non-hydrogen) atoms. The summed E-state index contributed by atoms with van der Waals surface area (Å²) in [6, 6.07) is 0. The molecule has 0 aliphatic carbocycles. The summed E-state index contributed by atoms with van der Waals surface area (Å²) in [5.41, 5.74) is 0. The molecule has 0 spiro atoms. The van der Waals surface area contributed by atoms with Gasteiger partial charge >= 0.3 is 0 Å². The van der Waals surface area contributed by atoms with E-state index in [-0.39, 0.29) is 5.75 Å². The van der Waals surface area contributed by atoms with Crippen LogP contribution >= 0.6 is 0 Å². The molecule has 0 unspecified atom stereocenters. The van der Waals surface area contributed by atoms with Crippen LogP contribution < -0.4 is 0 Å². The topological polar surface area (TPSA) is 34.1 Å². The minimum Gasteiger partial charge on any atom is -0.232 e. The predicted molar refractivity (Wildman–Crippen MR) is 57.7 cm³/mol. The van der Waals surface area contributed by atoms with Crippen LogP contribution in [0, 0.1) is 0 Å². The molecule has 78 valence electrons. The van der Waals surface area contributed by atoms with Crippen LogP contribution in [0.25, 0.3) is 0 Å². The first kappa shape index (κ1) is 12.7. The van der Waals surface area contributed by atoms with Crippen molar-refractivity contribution in [3.8, 4) is 0 Å². The Hall–Kier alpha value is -0.310. The lowest BCUT2D eigenvalue weighted by atomic mass is 10.1. The van der Waals surface area contributed by atoms with Gasteiger partial charge in [0.05, 0.1) is 5.75 Å². The third-order valence-electron chi connectivity index (χ3n) is 1.90. The van der Waals surface area contributed by atoms with Crippen molar-refractivity contribution in [3.05, 3.63) is 12.2 Å². The zero-order valence-electron chi connectivity index (χ0n) is 8.37. The standard InChI is InChI=1S/C10H20O2S/c1-2-3-4-5-6-7-8-9-10-13(11)12/h8-9,13H,2-7,10H2,1H3. The van der Waals surface area contributed by atoms with Crippen LogP contribution in [0.1, 0.15) is 45.4 Å². The maximum absolute atomic E-state index is 10.2. The highest BCUT2D eigenvalue weighted by atomic mass is 32.2. The second-order valence-corrected chi connectivity index (χ2v) is 4.22. The first-order valence-corrected chi connectivity index (χ1v) is 6.40. The lowest BCUT2D eigenvalue weighted by Gasteiger charge is -1.95. The van der Waals surface area contributed by atoms with Crippen LogP contribution in [0.15, 0.2) is 12.2 Å². The van der Waals surface area contributed by atoms with Crippen LogP contribution in [0.5, 0.6) is 0 Å². The highest BCUT2D eigenvalue weighted by molar-refractivity contribution is 7.72. The van der Waals surface area contributed by atoms with E-state index in [1.54, 1.807) is 6.08 Å². The van der Waals surface area contributed by atoms with Crippen LogP contribution in [0.3, 0.4) is 0 Å². The number of allylic oxidation sites excluding steroid dienone is 1. The fourth-order valence-electron chi connectivity index (χ4n) is 1.14. The molecule has 0 atom stereocenters. The summed E-state index contributed by atoms with van der Waals surface area (Å²) < 4.78 is 20.3. The summed E-state index contributed by atoms with van der Waals surface area (Å²) in [5, 5.41) is 0. The summed E-state index contributed by atoms with van der Waals surface area (Å²) >= 11 is 0. The molecule has 0 saturated carbocycles. The molecule has 0 rings (SSSR count). The van der Waals surface area contributed by atoms with E-state index in [0.717, 1.165) is 6.42 Å². The van der Waals surface area contributed by atoms with Gasteiger partial charge in [-0.1, -0.05) is 44.8 Å². The van der Waals surface area contributed by atoms with Crippen molar-refractivity contribution in [2.24, 2.45) is 0 Å². The minimum absolute atomic E-state index is 0.199. The maximum Gasteiger partial charge on any atom is 0.143 e. The van der Waals surface area contributed by atoms with E-state index in [2.05, 4.69) is 6.92 Å². The quantitative estimate of drug-likeness (QED) is 0.374. The number of thiol groups is 1. The molecule has 0 saturated heterocycles. The molecular weight excluding hydrogens is 184 g/mol. The molecule has 0 aromatic carbocycles. The van der Waals surface area contributed by atoms with E-state index in [1.807, 2.05) is 6.08 Å². The van der Waals surface area contributed by atoms with Gasteiger partial charge in [-0.2, -0.15) is 0 Å². The molecule has 0 radical (unpaired) electrons. The van der Waals surface area contributed by atoms with Gasteiger partial charge in [-0.05, 0) is 12.8 Å². The van der Waals surface area contributed by atoms with Crippen molar-refractivity contribution in [2.45, 2.75) is 45.4 Å². The van der Waals surface area contributed by atoms with Crippen molar-refractivity contribution in [1.29, 1.82) is 0 Å². The summed E-state index contributed by atoms with van der Waals surface area (Å²) in [6.07, 6.45) is 11.1. The van der Waals surface area contributed by atoms with Crippen LogP contribution in [0.2, 0.25) is 0 Å². The van der Waals surface area contributed by atoms with E-state index < -0.39 is 10.7 Å². The Labute approximate surface area is 83.0 Å². The SMILES string of the molecule is CCCCCCCC=CC[SH](=O)=O. The first-order valence-electron chi connectivity index (χ1n) is 5.04. The molecule has 0 heterocycles. The Morgan fingerprint density at radius 1 is 1.00 bits per heavy atom. The lowest BCUT2D eigenvalue weighted by molar-refractivity contribution is 0.617. The van der Waals surface area contributed by atoms with Crippen LogP contribution in [0.4, 0.5) is 0 Å². The van der Waals surface area contributed by atoms with E-state index >= 15 is 0 Å². The van der Waals surface area contributed by atoms with Gasteiger partial charge in [-0.25, -0.2) is 8.42 Å². The van der Waals surface area contributed by atoms with Gasteiger partial charge in [0.15, 0.2) is 0 Å². The van der Waals surface area contributed by atoms with Crippen LogP contribution in [-0.4, -0.2) is 14.2 Å². The van der Waals surface area contributed by atoms with Crippen molar-refractivity contribution >= 4 is 10.7 Å². The molecule has 0 amide bonds. The van der Waals surface area contributed by atoms with Crippen molar-refractivity contribution < 1.29 is 8.42 Å². The van der Waals surface area contributed by atoms with Gasteiger partial charge < -0.3 is 0 Å². The average Bonchev–Trinajstić information content (AvgIpc) is 2.09. The van der Waals surface area contributed by atoms with Crippen LogP contribution in [-0.2, 0) is 10.7 Å². The molecule has 0 aliphatic rings. The largest absolute Gasteiger partial charge is 0.232 e. The molecular formula is C10H20O2S. The Morgan fingerprint density at radius 3 is 2.31 bits per heavy atom. The first-order chi connectivity index (χ1) is 6.27. The van der Waals surface area contributed by atoms with Gasteiger partial charge in [0, 0.05) is 0 Å². The highest BCUT2D eigenvalue weighted by Gasteiger charge is 1.86. The number of hydrogen-bond acceptors (Lipinski definition) is 2. The smallest absolute Gasteiger partial charge is 0.143 e. The summed E-state index contributed by atoms with van der Waals surface area (Å²) in [6.45, 7) is 2.20. The summed E-state index contributed by atoms with van der Waals surface area (Å²) in [4.78, 5) is 0. The average molecular weight is 204 g/mol. The van der Waals surface area contributed by atoms with E-state index in [0.29, 0.717) is 0 Å². The Bertz CT molecular complexity index is 187. The molecule has 0 bridgehead atoms. The van der Waals surface area contributed by atoms with Gasteiger partial charge in [-0.15, -0.1) is 0 Å². The van der Waals surface area contributed by atoms with E-state index in [9.17, 15) is 8.42 Å². The highest BCUT2D eigenvalue weighted by Crippen LogP contribution is 2.04. The zero-order valence-corrected chi connectivity index (χ0v) is 9.26. The monoisotopic (exact) mass is 204 g/mol. The minimum atomic E-state index is -2.22. The van der Waals surface area contributed by atoms with Gasteiger partial charge in [-0.3, -0.25) is 0 Å². The maximum atomic E-state index is 10.2. The van der Waals surface area contributed by atoms with Gasteiger partial charge in [0.25, 0.3) is 0 Å². The van der Waals surface area contributed by atoms with Crippen molar-refractivity contribution in [3.63, 3.8) is 0 Å². The van der Waals surface area contributed by atoms with E-state index in [4.69, 9.17) is 0 Å². The number of unbranched alkanes of at least 4 members (excludes halogenated alkanes) is 5. The zero-order chi connectivity index (χ0) is 9.94. The fourth-order valence-corrected chi connectivity index (χ4v) is 1.47. The fraction of sp³-hybridized carbons (Fsp3) is 0.800. The normalized spacial score (nSPS) is 11.5. The third-order valence-corrected chi connectivity index (χ3v) is 2.40. The van der Waals surface area contributed by atoms with E-state index in [1.165, 1.54) is 32.1 Å². The predicted octanol–water partition coefficient (Wildman–Crippen LogP) is 2.51. The Kier molecular flexibility index (Phi) is 9.54. The Balaban J connectivity index is 3.11. The molecule has 0 N–H and O–H groups in total. The lowest BCUT2D eigenvalue weighted by Crippen LogP contribution is -1.80. The Morgan fingerprint density at radius 2 is 1.69 bits per heavy atom. The molecule has 0 fully saturated rings. The molecule has 0 aliphatic heterocycles. The second-order valence-electron chi connectivity index (χ2n) is 3.19. The molecule has 0 aromatic heterocycles. The third kappa shape index (κ3) is 11.7. The molecule has 3 heteroatoms. The van der Waals surface area contributed by atoms with Crippen molar-refractivity contribution in [2.75, 3.05) is 5.75 Å². The summed E-state index contributed by atoms with van der Waals surface area (Å²) in [7, 11) is -2.22. The second kappa shape index (κ2) is 9.78. The van der Waals surface area contributed by atoms with Gasteiger partial charge in [0.2, 0.25) is 0 Å². The van der Waals surface area contributed by atoms with Gasteiger partial charge in [0.1, 0.15) is 10.7 Å². The number of rotatable bonds is 8. The number of hydrogen-bond donors (Lipinski definition) is 1. The summed E-state index contributed by atoms with van der Waals surface area (Å²) in [5.74, 6) is 0.199. The molecule has 0 aromatic rings.